The van der Waals surface area contributed by atoms with Crippen LogP contribution in [0.25, 0.3) is 0 Å². The summed E-state index contributed by atoms with van der Waals surface area (Å²) in [6.07, 6.45) is 3.29. The fourth-order valence-corrected chi connectivity index (χ4v) is 3.69. The third kappa shape index (κ3) is 3.06. The van der Waals surface area contributed by atoms with Crippen molar-refractivity contribution in [1.29, 1.82) is 0 Å². The van der Waals surface area contributed by atoms with E-state index in [1.807, 2.05) is 0 Å². The molecule has 3 rings (SSSR count). The molecule has 6 nitrogen and oxygen atoms in total. The van der Waals surface area contributed by atoms with Crippen LogP contribution in [0, 0.1) is 11.8 Å². The lowest BCUT2D eigenvalue weighted by molar-refractivity contribution is -0.995. The Balaban J connectivity index is 1.74. The molecule has 1 N–H and O–H groups in total. The van der Waals surface area contributed by atoms with Crippen LogP contribution in [0.5, 0.6) is 0 Å². The average molecular weight is 335 g/mol. The molecule has 6 heteroatoms. The summed E-state index contributed by atoms with van der Waals surface area (Å²) in [4.78, 5) is 17.5. The lowest BCUT2D eigenvalue weighted by Gasteiger charge is -2.33. The number of esters is 1. The first-order valence-corrected chi connectivity index (χ1v) is 8.62. The molecule has 1 aromatic heterocycles. The monoisotopic (exact) mass is 335 g/mol. The number of rotatable bonds is 5. The minimum atomic E-state index is -0.349. The summed E-state index contributed by atoms with van der Waals surface area (Å²) < 4.78 is 17.8. The average Bonchev–Trinajstić information content (AvgIpc) is 3.10. The van der Waals surface area contributed by atoms with Gasteiger partial charge in [0, 0.05) is 24.2 Å². The van der Waals surface area contributed by atoms with Gasteiger partial charge in [-0.2, -0.15) is 0 Å². The second kappa shape index (κ2) is 6.78. The molecule has 0 radical (unpaired) electrons. The zero-order valence-corrected chi connectivity index (χ0v) is 14.8. The van der Waals surface area contributed by atoms with E-state index in [-0.39, 0.29) is 24.0 Å². The van der Waals surface area contributed by atoms with E-state index in [0.29, 0.717) is 37.2 Å². The molecular weight excluding hydrogens is 308 g/mol. The highest BCUT2D eigenvalue weighted by molar-refractivity contribution is 5.88. The molecule has 0 aromatic carbocycles. The molecule has 1 aromatic rings. The number of pyridine rings is 1. The van der Waals surface area contributed by atoms with Crippen molar-refractivity contribution >= 4 is 5.97 Å². The van der Waals surface area contributed by atoms with Gasteiger partial charge >= 0.3 is 5.97 Å². The summed E-state index contributed by atoms with van der Waals surface area (Å²) >= 11 is 0. The lowest BCUT2D eigenvalue weighted by Crippen LogP contribution is -3.24. The zero-order chi connectivity index (χ0) is 17.3. The van der Waals surface area contributed by atoms with E-state index >= 15 is 0 Å². The number of fused-ring (bicyclic) bond motifs is 1. The molecule has 4 atom stereocenters. The molecule has 0 bridgehead atoms. The summed E-state index contributed by atoms with van der Waals surface area (Å²) in [6, 6.07) is 3.44. The predicted molar refractivity (Wildman–Crippen MR) is 87.4 cm³/mol. The van der Waals surface area contributed by atoms with Crippen molar-refractivity contribution in [2.45, 2.75) is 45.7 Å². The van der Waals surface area contributed by atoms with Gasteiger partial charge in [0.25, 0.3) is 0 Å². The molecule has 0 saturated carbocycles. The normalized spacial score (nSPS) is 32.3. The second-order valence-corrected chi connectivity index (χ2v) is 7.50. The third-order valence-corrected chi connectivity index (χ3v) is 4.89. The first kappa shape index (κ1) is 17.3. The van der Waals surface area contributed by atoms with Crippen LogP contribution in [-0.2, 0) is 14.2 Å². The number of quaternary nitrogens is 1. The highest BCUT2D eigenvalue weighted by Gasteiger charge is 2.62. The SMILES string of the molecule is CC(C)[C@H]1OCC2(COC(=O)c3cccnc3)CO[C@@H](C(C)C)[NH+]12. The van der Waals surface area contributed by atoms with E-state index in [2.05, 4.69) is 32.7 Å². The maximum absolute atomic E-state index is 12.3. The molecular formula is C18H27N2O4+. The van der Waals surface area contributed by atoms with Gasteiger partial charge in [-0.3, -0.25) is 9.88 Å². The third-order valence-electron chi connectivity index (χ3n) is 4.89. The Morgan fingerprint density at radius 3 is 2.42 bits per heavy atom. The van der Waals surface area contributed by atoms with Crippen LogP contribution in [0.2, 0.25) is 0 Å². The fourth-order valence-electron chi connectivity index (χ4n) is 3.69. The molecule has 0 spiro atoms. The first-order chi connectivity index (χ1) is 11.4. The predicted octanol–water partition coefficient (Wildman–Crippen LogP) is 0.887. The molecule has 3 heterocycles. The van der Waals surface area contributed by atoms with E-state index in [4.69, 9.17) is 14.2 Å². The quantitative estimate of drug-likeness (QED) is 0.810. The Hall–Kier alpha value is -1.50. The highest BCUT2D eigenvalue weighted by atomic mass is 16.6. The Labute approximate surface area is 143 Å². The molecule has 2 aliphatic rings. The topological polar surface area (TPSA) is 62.1 Å². The molecule has 2 aliphatic heterocycles. The van der Waals surface area contributed by atoms with Crippen LogP contribution in [0.3, 0.4) is 0 Å². The van der Waals surface area contributed by atoms with Gasteiger partial charge in [0.15, 0.2) is 24.6 Å². The second-order valence-electron chi connectivity index (χ2n) is 7.50. The maximum Gasteiger partial charge on any atom is 0.339 e. The first-order valence-electron chi connectivity index (χ1n) is 8.62. The molecule has 0 amide bonds. The van der Waals surface area contributed by atoms with Gasteiger partial charge in [-0.25, -0.2) is 4.79 Å². The minimum absolute atomic E-state index is 0.0667. The van der Waals surface area contributed by atoms with Gasteiger partial charge in [-0.05, 0) is 12.1 Å². The fraction of sp³-hybridized carbons (Fsp3) is 0.667. The van der Waals surface area contributed by atoms with Crippen molar-refractivity contribution in [2.24, 2.45) is 11.8 Å². The van der Waals surface area contributed by atoms with Gasteiger partial charge < -0.3 is 14.2 Å². The molecule has 0 aliphatic carbocycles. The van der Waals surface area contributed by atoms with Gasteiger partial charge in [-0.1, -0.05) is 27.7 Å². The van der Waals surface area contributed by atoms with Crippen molar-refractivity contribution in [3.8, 4) is 0 Å². The smallest absolute Gasteiger partial charge is 0.339 e. The standard InChI is InChI=1S/C18H26N2O4/c1-12(2)15-20-16(13(3)4)23-10-18(20,9-22-15)11-24-17(21)14-6-5-7-19-8-14/h5-8,12-13,15-16H,9-11H2,1-4H3/p+1/t15-,16+,18?. The number of carbonyl (C=O) groups is 1. The Bertz CT molecular complexity index is 556. The van der Waals surface area contributed by atoms with E-state index in [9.17, 15) is 4.79 Å². The van der Waals surface area contributed by atoms with Gasteiger partial charge in [0.1, 0.15) is 13.2 Å². The molecule has 2 fully saturated rings. The van der Waals surface area contributed by atoms with Crippen molar-refractivity contribution in [3.05, 3.63) is 30.1 Å². The molecule has 2 saturated heterocycles. The van der Waals surface area contributed by atoms with Crippen molar-refractivity contribution in [3.63, 3.8) is 0 Å². The Morgan fingerprint density at radius 1 is 1.29 bits per heavy atom. The zero-order valence-electron chi connectivity index (χ0n) is 14.8. The summed E-state index contributed by atoms with van der Waals surface area (Å²) in [5.41, 5.74) is 0.149. The van der Waals surface area contributed by atoms with E-state index in [1.165, 1.54) is 11.1 Å². The molecule has 2 unspecified atom stereocenters. The summed E-state index contributed by atoms with van der Waals surface area (Å²) in [5.74, 6) is 0.399. The van der Waals surface area contributed by atoms with Crippen LogP contribution >= 0.6 is 0 Å². The van der Waals surface area contributed by atoms with Gasteiger partial charge in [0.2, 0.25) is 0 Å². The maximum atomic E-state index is 12.3. The van der Waals surface area contributed by atoms with Crippen molar-refractivity contribution in [2.75, 3.05) is 19.8 Å². The van der Waals surface area contributed by atoms with Crippen LogP contribution < -0.4 is 4.90 Å². The van der Waals surface area contributed by atoms with E-state index in [1.54, 1.807) is 18.3 Å². The van der Waals surface area contributed by atoms with Crippen LogP contribution in [0.4, 0.5) is 0 Å². The largest absolute Gasteiger partial charge is 0.455 e. The summed E-state index contributed by atoms with van der Waals surface area (Å²) in [5, 5.41) is 0. The number of nitrogens with zero attached hydrogens (tertiary/aromatic N) is 1. The number of nitrogens with one attached hydrogen (secondary N) is 1. The lowest BCUT2D eigenvalue weighted by atomic mass is 9.99. The van der Waals surface area contributed by atoms with E-state index < -0.39 is 0 Å². The van der Waals surface area contributed by atoms with Crippen molar-refractivity contribution in [1.82, 2.24) is 4.98 Å². The summed E-state index contributed by atoms with van der Waals surface area (Å²) in [6.45, 7) is 10.0. The van der Waals surface area contributed by atoms with Crippen LogP contribution in [0.15, 0.2) is 24.5 Å². The Morgan fingerprint density at radius 2 is 1.92 bits per heavy atom. The summed E-state index contributed by atoms with van der Waals surface area (Å²) in [7, 11) is 0. The number of aromatic nitrogens is 1. The number of ether oxygens (including phenoxy) is 3. The van der Waals surface area contributed by atoms with Gasteiger partial charge in [-0.15, -0.1) is 0 Å². The van der Waals surface area contributed by atoms with E-state index in [0.717, 1.165) is 0 Å². The van der Waals surface area contributed by atoms with Crippen LogP contribution in [0.1, 0.15) is 38.1 Å². The molecule has 132 valence electrons. The molecule has 24 heavy (non-hydrogen) atoms. The number of carbonyl (C=O) groups excluding carboxylic acids is 1. The van der Waals surface area contributed by atoms with Gasteiger partial charge in [0.05, 0.1) is 5.56 Å². The number of hydrogen-bond donors (Lipinski definition) is 1. The van der Waals surface area contributed by atoms with Crippen LogP contribution in [-0.4, -0.2) is 48.8 Å². The number of hydrogen-bond acceptors (Lipinski definition) is 5. The highest BCUT2D eigenvalue weighted by Crippen LogP contribution is 2.24. The van der Waals surface area contributed by atoms with Crippen molar-refractivity contribution < 1.29 is 23.9 Å². The minimum Gasteiger partial charge on any atom is -0.455 e. The Kier molecular flexibility index (Phi) is 4.90.